The molecule has 1 N–H and O–H groups in total. The molecule has 0 spiro atoms. The highest BCUT2D eigenvalue weighted by atomic mass is 32.1. The second-order valence-corrected chi connectivity index (χ2v) is 5.79. The molecule has 1 aromatic heterocycles. The third kappa shape index (κ3) is 2.43. The van der Waals surface area contributed by atoms with Crippen molar-refractivity contribution in [3.63, 3.8) is 0 Å². The van der Waals surface area contributed by atoms with Crippen LogP contribution in [-0.2, 0) is 0 Å². The number of aromatic nitrogens is 1. The van der Waals surface area contributed by atoms with E-state index in [0.717, 1.165) is 28.9 Å². The molecule has 3 nitrogen and oxygen atoms in total. The minimum absolute atomic E-state index is 0.705. The van der Waals surface area contributed by atoms with E-state index >= 15 is 0 Å². The molecule has 1 aliphatic carbocycles. The monoisotopic (exact) mass is 262 g/mol. The lowest BCUT2D eigenvalue weighted by molar-refractivity contribution is 0.333. The molecule has 0 bridgehead atoms. The van der Waals surface area contributed by atoms with E-state index in [4.69, 9.17) is 4.74 Å². The Morgan fingerprint density at radius 2 is 2.33 bits per heavy atom. The second kappa shape index (κ2) is 5.14. The van der Waals surface area contributed by atoms with Crippen LogP contribution in [0.1, 0.15) is 26.2 Å². The molecule has 4 heteroatoms. The summed E-state index contributed by atoms with van der Waals surface area (Å²) in [5, 5.41) is 4.49. The van der Waals surface area contributed by atoms with Crippen molar-refractivity contribution < 1.29 is 4.74 Å². The van der Waals surface area contributed by atoms with Gasteiger partial charge >= 0.3 is 0 Å². The van der Waals surface area contributed by atoms with E-state index in [9.17, 15) is 0 Å². The van der Waals surface area contributed by atoms with E-state index in [-0.39, 0.29) is 0 Å². The molecular formula is C14H18N2OS. The zero-order chi connectivity index (χ0) is 12.4. The largest absolute Gasteiger partial charge is 0.494 e. The van der Waals surface area contributed by atoms with Crippen molar-refractivity contribution in [3.05, 3.63) is 18.2 Å². The van der Waals surface area contributed by atoms with Gasteiger partial charge in [-0.2, -0.15) is 0 Å². The predicted molar refractivity (Wildman–Crippen MR) is 76.6 cm³/mol. The molecule has 18 heavy (non-hydrogen) atoms. The number of rotatable bonds is 5. The van der Waals surface area contributed by atoms with Gasteiger partial charge in [0, 0.05) is 6.54 Å². The minimum atomic E-state index is 0.705. The maximum atomic E-state index is 5.51. The normalized spacial score (nSPS) is 15.6. The van der Waals surface area contributed by atoms with Crippen molar-refractivity contribution in [2.24, 2.45) is 5.92 Å². The molecule has 1 aliphatic rings. The number of benzene rings is 1. The maximum absolute atomic E-state index is 5.51. The number of ether oxygens (including phenoxy) is 1. The van der Waals surface area contributed by atoms with Crippen LogP contribution in [-0.4, -0.2) is 18.1 Å². The van der Waals surface area contributed by atoms with Crippen molar-refractivity contribution in [3.8, 4) is 5.75 Å². The second-order valence-electron chi connectivity index (χ2n) is 4.76. The predicted octanol–water partition coefficient (Wildman–Crippen LogP) is 3.91. The van der Waals surface area contributed by atoms with Crippen molar-refractivity contribution in [1.29, 1.82) is 0 Å². The molecule has 1 fully saturated rings. The van der Waals surface area contributed by atoms with Crippen molar-refractivity contribution in [2.45, 2.75) is 26.2 Å². The van der Waals surface area contributed by atoms with Gasteiger partial charge in [-0.1, -0.05) is 17.8 Å². The standard InChI is InChI=1S/C14H18N2OS/c1-2-17-11-6-7-12-13(8-11)18-14(16-12)15-9-10-4-3-5-10/h6-8,10H,2-5,9H2,1H3,(H,15,16). The van der Waals surface area contributed by atoms with Gasteiger partial charge in [0.2, 0.25) is 0 Å². The van der Waals surface area contributed by atoms with Crippen molar-refractivity contribution in [1.82, 2.24) is 4.98 Å². The van der Waals surface area contributed by atoms with Gasteiger partial charge in [-0.05, 0) is 43.9 Å². The fourth-order valence-electron chi connectivity index (χ4n) is 2.17. The average molecular weight is 262 g/mol. The summed E-state index contributed by atoms with van der Waals surface area (Å²) in [6.07, 6.45) is 4.13. The molecule has 1 saturated carbocycles. The Labute approximate surface area is 111 Å². The summed E-state index contributed by atoms with van der Waals surface area (Å²) < 4.78 is 6.70. The number of anilines is 1. The summed E-state index contributed by atoms with van der Waals surface area (Å²) in [4.78, 5) is 4.60. The Morgan fingerprint density at radius 1 is 1.44 bits per heavy atom. The summed E-state index contributed by atoms with van der Waals surface area (Å²) in [5.74, 6) is 1.79. The lowest BCUT2D eigenvalue weighted by Crippen LogP contribution is -2.20. The van der Waals surface area contributed by atoms with E-state index < -0.39 is 0 Å². The van der Waals surface area contributed by atoms with Gasteiger partial charge in [-0.25, -0.2) is 4.98 Å². The summed E-state index contributed by atoms with van der Waals surface area (Å²) in [6.45, 7) is 3.78. The number of fused-ring (bicyclic) bond motifs is 1. The smallest absolute Gasteiger partial charge is 0.183 e. The van der Waals surface area contributed by atoms with Crippen LogP contribution in [0.2, 0.25) is 0 Å². The van der Waals surface area contributed by atoms with Crippen LogP contribution in [0.3, 0.4) is 0 Å². The van der Waals surface area contributed by atoms with Crippen LogP contribution in [0.25, 0.3) is 10.2 Å². The molecular weight excluding hydrogens is 244 g/mol. The first-order valence-electron chi connectivity index (χ1n) is 6.62. The van der Waals surface area contributed by atoms with Gasteiger partial charge in [0.15, 0.2) is 5.13 Å². The third-order valence-corrected chi connectivity index (χ3v) is 4.41. The van der Waals surface area contributed by atoms with E-state index in [0.29, 0.717) is 6.61 Å². The Morgan fingerprint density at radius 3 is 3.06 bits per heavy atom. The quantitative estimate of drug-likeness (QED) is 0.887. The Bertz CT molecular complexity index is 534. The highest BCUT2D eigenvalue weighted by molar-refractivity contribution is 7.22. The fourth-order valence-corrected chi connectivity index (χ4v) is 3.07. The highest BCUT2D eigenvalue weighted by Crippen LogP contribution is 2.31. The van der Waals surface area contributed by atoms with Gasteiger partial charge in [0.1, 0.15) is 5.75 Å². The van der Waals surface area contributed by atoms with Crippen LogP contribution in [0.4, 0.5) is 5.13 Å². The molecule has 0 aliphatic heterocycles. The lowest BCUT2D eigenvalue weighted by Gasteiger charge is -2.25. The molecule has 3 rings (SSSR count). The van der Waals surface area contributed by atoms with E-state index in [1.54, 1.807) is 11.3 Å². The van der Waals surface area contributed by atoms with E-state index in [2.05, 4.69) is 16.4 Å². The molecule has 2 aromatic rings. The Hall–Kier alpha value is -1.29. The maximum Gasteiger partial charge on any atom is 0.183 e. The molecule has 0 radical (unpaired) electrons. The van der Waals surface area contributed by atoms with Crippen LogP contribution in [0.5, 0.6) is 5.75 Å². The molecule has 1 aromatic carbocycles. The minimum Gasteiger partial charge on any atom is -0.494 e. The molecule has 0 amide bonds. The molecule has 0 saturated heterocycles. The third-order valence-electron chi connectivity index (χ3n) is 3.44. The van der Waals surface area contributed by atoms with Gasteiger partial charge in [-0.3, -0.25) is 0 Å². The Kier molecular flexibility index (Phi) is 3.37. The first kappa shape index (κ1) is 11.8. The zero-order valence-corrected chi connectivity index (χ0v) is 11.4. The van der Waals surface area contributed by atoms with E-state index in [1.165, 1.54) is 24.0 Å². The topological polar surface area (TPSA) is 34.1 Å². The van der Waals surface area contributed by atoms with Crippen LogP contribution in [0, 0.1) is 5.92 Å². The van der Waals surface area contributed by atoms with Gasteiger partial charge < -0.3 is 10.1 Å². The van der Waals surface area contributed by atoms with Crippen molar-refractivity contribution in [2.75, 3.05) is 18.5 Å². The van der Waals surface area contributed by atoms with Crippen LogP contribution >= 0.6 is 11.3 Å². The van der Waals surface area contributed by atoms with E-state index in [1.807, 2.05) is 19.1 Å². The number of thiazole rings is 1. The highest BCUT2D eigenvalue weighted by Gasteiger charge is 2.17. The Balaban J connectivity index is 1.72. The lowest BCUT2D eigenvalue weighted by atomic mass is 9.86. The first-order valence-corrected chi connectivity index (χ1v) is 7.44. The number of nitrogens with zero attached hydrogens (tertiary/aromatic N) is 1. The van der Waals surface area contributed by atoms with Gasteiger partial charge in [0.25, 0.3) is 0 Å². The summed E-state index contributed by atoms with van der Waals surface area (Å²) in [5.41, 5.74) is 1.06. The fraction of sp³-hybridized carbons (Fsp3) is 0.500. The molecule has 0 atom stereocenters. The van der Waals surface area contributed by atoms with Crippen LogP contribution in [0.15, 0.2) is 18.2 Å². The SMILES string of the molecule is CCOc1ccc2nc(NCC3CCC3)sc2c1. The van der Waals surface area contributed by atoms with Crippen molar-refractivity contribution >= 4 is 26.7 Å². The summed E-state index contributed by atoms with van der Waals surface area (Å²) in [6, 6.07) is 6.09. The summed E-state index contributed by atoms with van der Waals surface area (Å²) >= 11 is 1.71. The number of hydrogen-bond donors (Lipinski definition) is 1. The number of hydrogen-bond acceptors (Lipinski definition) is 4. The first-order chi connectivity index (χ1) is 8.85. The average Bonchev–Trinajstić information content (AvgIpc) is 2.69. The number of nitrogens with one attached hydrogen (secondary N) is 1. The van der Waals surface area contributed by atoms with Crippen LogP contribution < -0.4 is 10.1 Å². The molecule has 0 unspecified atom stereocenters. The molecule has 96 valence electrons. The van der Waals surface area contributed by atoms with Gasteiger partial charge in [0.05, 0.1) is 16.8 Å². The zero-order valence-electron chi connectivity index (χ0n) is 10.6. The van der Waals surface area contributed by atoms with Gasteiger partial charge in [-0.15, -0.1) is 0 Å². The summed E-state index contributed by atoms with van der Waals surface area (Å²) in [7, 11) is 0. The molecule has 1 heterocycles.